The molecule has 6 heteroatoms. The second-order valence-electron chi connectivity index (χ2n) is 7.68. The van der Waals surface area contributed by atoms with Crippen LogP contribution in [0.25, 0.3) is 5.69 Å². The topological polar surface area (TPSA) is 63.1 Å². The van der Waals surface area contributed by atoms with Crippen molar-refractivity contribution < 1.29 is 4.79 Å². The maximum atomic E-state index is 13.0. The van der Waals surface area contributed by atoms with E-state index in [1.165, 1.54) is 5.56 Å². The summed E-state index contributed by atoms with van der Waals surface area (Å²) in [5.74, 6) is 0.730. The van der Waals surface area contributed by atoms with Crippen LogP contribution < -0.4 is 10.2 Å². The van der Waals surface area contributed by atoms with Gasteiger partial charge in [-0.3, -0.25) is 4.79 Å². The van der Waals surface area contributed by atoms with Crippen molar-refractivity contribution in [2.75, 3.05) is 16.8 Å². The number of amides is 1. The third kappa shape index (κ3) is 3.80. The van der Waals surface area contributed by atoms with Gasteiger partial charge in [0.2, 0.25) is 0 Å². The van der Waals surface area contributed by atoms with Crippen molar-refractivity contribution in [3.05, 3.63) is 102 Å². The highest BCUT2D eigenvalue weighted by molar-refractivity contribution is 6.07. The summed E-state index contributed by atoms with van der Waals surface area (Å²) in [6.45, 7) is 2.80. The Balaban J connectivity index is 1.26. The summed E-state index contributed by atoms with van der Waals surface area (Å²) < 4.78 is 1.83. The quantitative estimate of drug-likeness (QED) is 0.521. The highest BCUT2D eigenvalue weighted by atomic mass is 16.2. The van der Waals surface area contributed by atoms with Gasteiger partial charge in [0, 0.05) is 36.9 Å². The number of fused-ring (bicyclic) bond motifs is 1. The van der Waals surface area contributed by atoms with E-state index in [9.17, 15) is 4.79 Å². The molecule has 1 atom stereocenters. The van der Waals surface area contributed by atoms with E-state index in [0.717, 1.165) is 29.2 Å². The Morgan fingerprint density at radius 2 is 1.87 bits per heavy atom. The summed E-state index contributed by atoms with van der Waals surface area (Å²) in [5, 5.41) is 7.66. The summed E-state index contributed by atoms with van der Waals surface area (Å²) in [6.07, 6.45) is 6.23. The van der Waals surface area contributed by atoms with Gasteiger partial charge in [0.25, 0.3) is 5.91 Å². The molecule has 0 radical (unpaired) electrons. The van der Waals surface area contributed by atoms with Crippen molar-refractivity contribution in [1.29, 1.82) is 0 Å². The second-order valence-corrected chi connectivity index (χ2v) is 7.68. The fourth-order valence-corrected chi connectivity index (χ4v) is 3.95. The molecule has 1 unspecified atom stereocenters. The number of benzene rings is 2. The Bertz CT molecular complexity index is 1180. The zero-order valence-corrected chi connectivity index (χ0v) is 17.3. The molecule has 2 aromatic carbocycles. The number of carbonyl (C=O) groups is 1. The predicted molar refractivity (Wildman–Crippen MR) is 122 cm³/mol. The zero-order chi connectivity index (χ0) is 21.2. The molecule has 3 heterocycles. The molecule has 1 aliphatic heterocycles. The van der Waals surface area contributed by atoms with E-state index >= 15 is 0 Å². The number of anilines is 2. The molecule has 0 aliphatic carbocycles. The molecule has 0 spiro atoms. The Kier molecular flexibility index (Phi) is 4.96. The van der Waals surface area contributed by atoms with Gasteiger partial charge in [-0.2, -0.15) is 5.10 Å². The highest BCUT2D eigenvalue weighted by Gasteiger charge is 2.25. The summed E-state index contributed by atoms with van der Waals surface area (Å²) >= 11 is 0. The molecule has 0 saturated carbocycles. The molecule has 1 aliphatic rings. The van der Waals surface area contributed by atoms with Crippen LogP contribution in [-0.2, 0) is 6.42 Å². The van der Waals surface area contributed by atoms with Crippen LogP contribution in [0, 0.1) is 0 Å². The van der Waals surface area contributed by atoms with Crippen molar-refractivity contribution in [3.63, 3.8) is 0 Å². The van der Waals surface area contributed by atoms with E-state index in [2.05, 4.69) is 40.5 Å². The van der Waals surface area contributed by atoms with E-state index in [1.54, 1.807) is 12.4 Å². The van der Waals surface area contributed by atoms with Gasteiger partial charge in [-0.15, -0.1) is 0 Å². The molecular formula is C25H23N5O. The van der Waals surface area contributed by atoms with Crippen LogP contribution in [0.4, 0.5) is 11.5 Å². The van der Waals surface area contributed by atoms with Gasteiger partial charge in [-0.1, -0.05) is 30.3 Å². The van der Waals surface area contributed by atoms with Gasteiger partial charge in [0.1, 0.15) is 5.82 Å². The van der Waals surface area contributed by atoms with Gasteiger partial charge in [0.15, 0.2) is 0 Å². The van der Waals surface area contributed by atoms with Crippen LogP contribution in [0.1, 0.15) is 34.5 Å². The van der Waals surface area contributed by atoms with Gasteiger partial charge in [-0.05, 0) is 60.9 Å². The molecule has 6 nitrogen and oxygen atoms in total. The number of pyridine rings is 1. The molecule has 1 amide bonds. The molecule has 1 N–H and O–H groups in total. The molecule has 0 bridgehead atoms. The lowest BCUT2D eigenvalue weighted by atomic mass is 10.1. The molecule has 2 aromatic heterocycles. The van der Waals surface area contributed by atoms with Gasteiger partial charge in [-0.25, -0.2) is 9.67 Å². The molecule has 0 saturated heterocycles. The first-order chi connectivity index (χ1) is 15.2. The molecule has 154 valence electrons. The average Bonchev–Trinajstić information content (AvgIpc) is 3.50. The van der Waals surface area contributed by atoms with Crippen LogP contribution in [0.5, 0.6) is 0 Å². The van der Waals surface area contributed by atoms with Crippen LogP contribution >= 0.6 is 0 Å². The minimum atomic E-state index is -0.00809. The van der Waals surface area contributed by atoms with E-state index in [-0.39, 0.29) is 11.9 Å². The molecular weight excluding hydrogens is 386 g/mol. The van der Waals surface area contributed by atoms with Crippen molar-refractivity contribution in [1.82, 2.24) is 14.8 Å². The lowest BCUT2D eigenvalue weighted by Gasteiger charge is -2.18. The average molecular weight is 409 g/mol. The number of carbonyl (C=O) groups excluding carboxylic acids is 1. The Morgan fingerprint density at radius 1 is 1.03 bits per heavy atom. The number of rotatable bonds is 5. The van der Waals surface area contributed by atoms with Gasteiger partial charge < -0.3 is 10.2 Å². The normalized spacial score (nSPS) is 13.6. The largest absolute Gasteiger partial charge is 0.364 e. The fourth-order valence-electron chi connectivity index (χ4n) is 3.95. The number of hydrogen-bond acceptors (Lipinski definition) is 4. The molecule has 4 aromatic rings. The lowest BCUT2D eigenvalue weighted by molar-refractivity contribution is 0.0989. The number of para-hydroxylation sites is 1. The highest BCUT2D eigenvalue weighted by Crippen LogP contribution is 2.29. The SMILES string of the molecule is CC(Nc1ccc(C(=O)N2CCc3ccccc32)cn1)c1ccc(-n2cccn2)cc1. The second kappa shape index (κ2) is 8.07. The number of nitrogens with one attached hydrogen (secondary N) is 1. The van der Waals surface area contributed by atoms with Crippen molar-refractivity contribution in [2.24, 2.45) is 0 Å². The van der Waals surface area contributed by atoms with Gasteiger partial charge >= 0.3 is 0 Å². The van der Waals surface area contributed by atoms with E-state index < -0.39 is 0 Å². The van der Waals surface area contributed by atoms with Crippen LogP contribution in [0.15, 0.2) is 85.3 Å². The Hall–Kier alpha value is -3.93. The summed E-state index contributed by atoms with van der Waals surface area (Å²) in [6, 6.07) is 22.0. The monoisotopic (exact) mass is 409 g/mol. The smallest absolute Gasteiger partial charge is 0.259 e. The number of hydrogen-bond donors (Lipinski definition) is 1. The third-order valence-electron chi connectivity index (χ3n) is 5.67. The predicted octanol–water partition coefficient (Wildman–Crippen LogP) is 4.64. The zero-order valence-electron chi connectivity index (χ0n) is 17.3. The number of nitrogens with zero attached hydrogens (tertiary/aromatic N) is 4. The van der Waals surface area contributed by atoms with Crippen molar-refractivity contribution in [2.45, 2.75) is 19.4 Å². The summed E-state index contributed by atoms with van der Waals surface area (Å²) in [4.78, 5) is 19.3. The molecule has 5 rings (SSSR count). The molecule has 31 heavy (non-hydrogen) atoms. The summed E-state index contributed by atoms with van der Waals surface area (Å²) in [7, 11) is 0. The summed E-state index contributed by atoms with van der Waals surface area (Å²) in [5.41, 5.74) is 4.98. The fraction of sp³-hybridized carbons (Fsp3) is 0.160. The minimum Gasteiger partial charge on any atom is -0.364 e. The van der Waals surface area contributed by atoms with E-state index in [1.807, 2.05) is 64.3 Å². The first-order valence-corrected chi connectivity index (χ1v) is 10.4. The first-order valence-electron chi connectivity index (χ1n) is 10.4. The minimum absolute atomic E-state index is 0.00809. The molecule has 0 fully saturated rings. The third-order valence-corrected chi connectivity index (χ3v) is 5.67. The van der Waals surface area contributed by atoms with Crippen molar-refractivity contribution >= 4 is 17.4 Å². The maximum Gasteiger partial charge on any atom is 0.259 e. The van der Waals surface area contributed by atoms with Gasteiger partial charge in [0.05, 0.1) is 11.3 Å². The Morgan fingerprint density at radius 3 is 2.61 bits per heavy atom. The van der Waals surface area contributed by atoms with Crippen LogP contribution in [0.3, 0.4) is 0 Å². The van der Waals surface area contributed by atoms with Crippen molar-refractivity contribution in [3.8, 4) is 5.69 Å². The van der Waals surface area contributed by atoms with E-state index in [0.29, 0.717) is 12.1 Å². The number of aromatic nitrogens is 3. The van der Waals surface area contributed by atoms with E-state index in [4.69, 9.17) is 0 Å². The lowest BCUT2D eigenvalue weighted by Crippen LogP contribution is -2.29. The standard InChI is InChI=1S/C25H23N5O/c1-18(19-7-10-22(11-8-19)30-15-4-14-27-30)28-24-12-9-21(17-26-24)25(31)29-16-13-20-5-2-3-6-23(20)29/h2-12,14-15,17-18H,13,16H2,1H3,(H,26,28). The van der Waals surface area contributed by atoms with Crippen LogP contribution in [-0.4, -0.2) is 27.2 Å². The first kappa shape index (κ1) is 19.1. The van der Waals surface area contributed by atoms with Crippen LogP contribution in [0.2, 0.25) is 0 Å². The Labute approximate surface area is 181 Å². The maximum absolute atomic E-state index is 13.0.